The number of hydrogen-bond acceptors (Lipinski definition) is 3. The van der Waals surface area contributed by atoms with E-state index in [1.807, 2.05) is 36.4 Å². The number of methoxy groups -OCH3 is 1. The fourth-order valence-corrected chi connectivity index (χ4v) is 2.92. The first-order chi connectivity index (χ1) is 13.4. The molecule has 0 saturated carbocycles. The van der Waals surface area contributed by atoms with E-state index in [0.29, 0.717) is 6.54 Å². The zero-order chi connectivity index (χ0) is 20.3. The minimum Gasteiger partial charge on any atom is -0.497 e. The van der Waals surface area contributed by atoms with E-state index in [-0.39, 0.29) is 6.54 Å². The number of nitrogens with one attached hydrogen (secondary N) is 1. The van der Waals surface area contributed by atoms with Crippen LogP contribution in [0.2, 0.25) is 0 Å². The van der Waals surface area contributed by atoms with Crippen LogP contribution in [-0.4, -0.2) is 31.5 Å². The highest BCUT2D eigenvalue weighted by Gasteiger charge is 2.16. The number of halogens is 3. The van der Waals surface area contributed by atoms with Crippen molar-refractivity contribution in [3.05, 3.63) is 71.5 Å². The SMILES string of the molecule is COc1ccc2cc(CN(C)CC(=O)Nc3ccc(F)c(F)c3F)ccc2c1. The number of benzene rings is 3. The quantitative estimate of drug-likeness (QED) is 0.639. The number of amides is 1. The van der Waals surface area contributed by atoms with Crippen molar-refractivity contribution in [1.29, 1.82) is 0 Å². The average molecular weight is 388 g/mol. The summed E-state index contributed by atoms with van der Waals surface area (Å²) in [6.07, 6.45) is 0. The third-order valence-electron chi connectivity index (χ3n) is 4.29. The average Bonchev–Trinajstić information content (AvgIpc) is 2.67. The first-order valence-corrected chi connectivity index (χ1v) is 8.56. The van der Waals surface area contributed by atoms with Crippen LogP contribution in [0.15, 0.2) is 48.5 Å². The molecule has 3 aromatic rings. The number of nitrogens with zero attached hydrogens (tertiary/aromatic N) is 1. The van der Waals surface area contributed by atoms with Crippen molar-refractivity contribution in [3.63, 3.8) is 0 Å². The first-order valence-electron chi connectivity index (χ1n) is 8.56. The molecule has 7 heteroatoms. The number of likely N-dealkylation sites (N-methyl/N-ethyl adjacent to an activating group) is 1. The van der Waals surface area contributed by atoms with Gasteiger partial charge in [-0.2, -0.15) is 0 Å². The van der Waals surface area contributed by atoms with E-state index in [4.69, 9.17) is 4.74 Å². The highest BCUT2D eigenvalue weighted by molar-refractivity contribution is 5.92. The number of hydrogen-bond donors (Lipinski definition) is 1. The Hall–Kier alpha value is -3.06. The van der Waals surface area contributed by atoms with Gasteiger partial charge in [-0.3, -0.25) is 9.69 Å². The van der Waals surface area contributed by atoms with Crippen LogP contribution in [0.1, 0.15) is 5.56 Å². The summed E-state index contributed by atoms with van der Waals surface area (Å²) in [4.78, 5) is 13.8. The Morgan fingerprint density at radius 2 is 1.71 bits per heavy atom. The van der Waals surface area contributed by atoms with Gasteiger partial charge in [-0.1, -0.05) is 18.2 Å². The van der Waals surface area contributed by atoms with E-state index in [9.17, 15) is 18.0 Å². The van der Waals surface area contributed by atoms with E-state index in [1.165, 1.54) is 0 Å². The Kier molecular flexibility index (Phi) is 5.84. The van der Waals surface area contributed by atoms with E-state index in [1.54, 1.807) is 19.1 Å². The van der Waals surface area contributed by atoms with Crippen LogP contribution in [0.4, 0.5) is 18.9 Å². The Balaban J connectivity index is 1.63. The first kappa shape index (κ1) is 19.7. The second kappa shape index (κ2) is 8.31. The molecule has 0 radical (unpaired) electrons. The summed E-state index contributed by atoms with van der Waals surface area (Å²) in [5, 5.41) is 4.34. The summed E-state index contributed by atoms with van der Waals surface area (Å²) >= 11 is 0. The van der Waals surface area contributed by atoms with Gasteiger partial charge in [-0.25, -0.2) is 13.2 Å². The van der Waals surface area contributed by atoms with Crippen LogP contribution >= 0.6 is 0 Å². The molecule has 146 valence electrons. The molecule has 4 nitrogen and oxygen atoms in total. The molecule has 0 saturated heterocycles. The van der Waals surface area contributed by atoms with E-state index < -0.39 is 29.0 Å². The Morgan fingerprint density at radius 1 is 1.00 bits per heavy atom. The van der Waals surface area contributed by atoms with Gasteiger partial charge < -0.3 is 10.1 Å². The maximum atomic E-state index is 13.7. The van der Waals surface area contributed by atoms with Gasteiger partial charge in [0, 0.05) is 6.54 Å². The van der Waals surface area contributed by atoms with E-state index >= 15 is 0 Å². The van der Waals surface area contributed by atoms with E-state index in [2.05, 4.69) is 5.32 Å². The molecule has 3 rings (SSSR count). The maximum Gasteiger partial charge on any atom is 0.238 e. The lowest BCUT2D eigenvalue weighted by Gasteiger charge is -2.17. The lowest BCUT2D eigenvalue weighted by molar-refractivity contribution is -0.117. The number of carbonyl (C=O) groups is 1. The molecular formula is C21H19F3N2O2. The predicted molar refractivity (Wildman–Crippen MR) is 102 cm³/mol. The molecule has 0 bridgehead atoms. The summed E-state index contributed by atoms with van der Waals surface area (Å²) in [6.45, 7) is 0.439. The standard InChI is InChI=1S/C21H19F3N2O2/c1-26(12-19(27)25-18-8-7-17(22)20(23)21(18)24)11-13-3-4-15-10-16(28-2)6-5-14(15)9-13/h3-10H,11-12H2,1-2H3,(H,25,27). The van der Waals surface area contributed by atoms with Gasteiger partial charge in [-0.05, 0) is 53.7 Å². The minimum atomic E-state index is -1.61. The molecule has 0 aliphatic heterocycles. The molecule has 3 aromatic carbocycles. The van der Waals surface area contributed by atoms with Crippen molar-refractivity contribution >= 4 is 22.4 Å². The summed E-state index contributed by atoms with van der Waals surface area (Å²) < 4.78 is 45.1. The van der Waals surface area contributed by atoms with E-state index in [0.717, 1.165) is 34.2 Å². The number of fused-ring (bicyclic) bond motifs is 1. The summed E-state index contributed by atoms with van der Waals surface area (Å²) in [5.74, 6) is -4.09. The highest BCUT2D eigenvalue weighted by atomic mass is 19.2. The van der Waals surface area contributed by atoms with Crippen LogP contribution in [0.25, 0.3) is 10.8 Å². The van der Waals surface area contributed by atoms with Crippen LogP contribution in [-0.2, 0) is 11.3 Å². The zero-order valence-corrected chi connectivity index (χ0v) is 15.4. The molecule has 28 heavy (non-hydrogen) atoms. The van der Waals surface area contributed by atoms with Crippen molar-refractivity contribution in [2.75, 3.05) is 26.0 Å². The monoisotopic (exact) mass is 388 g/mol. The fourth-order valence-electron chi connectivity index (χ4n) is 2.92. The van der Waals surface area contributed by atoms with Gasteiger partial charge in [0.1, 0.15) is 5.75 Å². The van der Waals surface area contributed by atoms with Crippen molar-refractivity contribution in [2.45, 2.75) is 6.54 Å². The van der Waals surface area contributed by atoms with Crippen molar-refractivity contribution in [1.82, 2.24) is 4.90 Å². The number of carbonyl (C=O) groups excluding carboxylic acids is 1. The number of anilines is 1. The van der Waals surface area contributed by atoms with Gasteiger partial charge in [0.2, 0.25) is 5.91 Å². The van der Waals surface area contributed by atoms with Gasteiger partial charge in [0.05, 0.1) is 19.3 Å². The molecule has 0 aliphatic rings. The lowest BCUT2D eigenvalue weighted by atomic mass is 10.1. The molecule has 0 aromatic heterocycles. The molecule has 0 atom stereocenters. The maximum absolute atomic E-state index is 13.7. The smallest absolute Gasteiger partial charge is 0.238 e. The molecule has 0 spiro atoms. The fraction of sp³-hybridized carbons (Fsp3) is 0.190. The van der Waals surface area contributed by atoms with Crippen molar-refractivity contribution < 1.29 is 22.7 Å². The molecule has 0 aliphatic carbocycles. The second-order valence-corrected chi connectivity index (χ2v) is 6.49. The number of rotatable bonds is 6. The third kappa shape index (κ3) is 4.43. The second-order valence-electron chi connectivity index (χ2n) is 6.49. The van der Waals surface area contributed by atoms with Gasteiger partial charge in [-0.15, -0.1) is 0 Å². The van der Waals surface area contributed by atoms with Crippen LogP contribution < -0.4 is 10.1 Å². The summed E-state index contributed by atoms with van der Waals surface area (Å²) in [6, 6.07) is 13.5. The molecular weight excluding hydrogens is 369 g/mol. The van der Waals surface area contributed by atoms with Crippen LogP contribution in [0.3, 0.4) is 0 Å². The largest absolute Gasteiger partial charge is 0.497 e. The topological polar surface area (TPSA) is 41.6 Å². The van der Waals surface area contributed by atoms with Crippen molar-refractivity contribution in [3.8, 4) is 5.75 Å². The van der Waals surface area contributed by atoms with Crippen LogP contribution in [0, 0.1) is 17.5 Å². The van der Waals surface area contributed by atoms with Gasteiger partial charge in [0.15, 0.2) is 17.5 Å². The zero-order valence-electron chi connectivity index (χ0n) is 15.4. The van der Waals surface area contributed by atoms with Gasteiger partial charge >= 0.3 is 0 Å². The summed E-state index contributed by atoms with van der Waals surface area (Å²) in [7, 11) is 3.35. The highest BCUT2D eigenvalue weighted by Crippen LogP contribution is 2.22. The normalized spacial score (nSPS) is 11.1. The molecule has 1 amide bonds. The predicted octanol–water partition coefficient (Wildman–Crippen LogP) is 4.34. The van der Waals surface area contributed by atoms with Crippen molar-refractivity contribution in [2.24, 2.45) is 0 Å². The Bertz CT molecular complexity index is 1020. The number of ether oxygens (including phenoxy) is 1. The Morgan fingerprint density at radius 3 is 2.46 bits per heavy atom. The summed E-state index contributed by atoms with van der Waals surface area (Å²) in [5.41, 5.74) is 0.601. The molecule has 0 fully saturated rings. The van der Waals surface area contributed by atoms with Crippen LogP contribution in [0.5, 0.6) is 5.75 Å². The Labute approximate surface area is 160 Å². The van der Waals surface area contributed by atoms with Gasteiger partial charge in [0.25, 0.3) is 0 Å². The molecule has 1 N–H and O–H groups in total. The lowest BCUT2D eigenvalue weighted by Crippen LogP contribution is -2.30. The third-order valence-corrected chi connectivity index (χ3v) is 4.29. The molecule has 0 unspecified atom stereocenters. The molecule has 0 heterocycles. The minimum absolute atomic E-state index is 0.0426.